The molecule has 0 saturated carbocycles. The Kier molecular flexibility index (Phi) is 19.6. The number of carbonyl (C=O) groups is 2. The fourth-order valence-corrected chi connectivity index (χ4v) is 2.19. The molecule has 0 aromatic rings. The molecule has 0 aliphatic heterocycles. The van der Waals surface area contributed by atoms with Crippen LogP contribution in [-0.4, -0.2) is 35.4 Å². The van der Waals surface area contributed by atoms with Crippen LogP contribution >= 0.6 is 0 Å². The zero-order chi connectivity index (χ0) is 19.5. The van der Waals surface area contributed by atoms with Crippen LogP contribution in [0.2, 0.25) is 0 Å². The molecule has 0 aliphatic carbocycles. The topological polar surface area (TPSA) is 83.8 Å². The SMILES string of the molecule is C=C(C)C.CCCCCCCCCCOCCC(CC(=O)O)C(=O)O. The molecule has 0 amide bonds. The summed E-state index contributed by atoms with van der Waals surface area (Å²) in [5.74, 6) is -2.99. The van der Waals surface area contributed by atoms with E-state index in [1.54, 1.807) is 0 Å². The molecular formula is C20H38O5. The lowest BCUT2D eigenvalue weighted by Crippen LogP contribution is -2.19. The molecule has 0 radical (unpaired) electrons. The van der Waals surface area contributed by atoms with Crippen LogP contribution in [0.1, 0.15) is 85.0 Å². The van der Waals surface area contributed by atoms with Crippen molar-refractivity contribution in [3.63, 3.8) is 0 Å². The van der Waals surface area contributed by atoms with Gasteiger partial charge in [0.25, 0.3) is 0 Å². The molecule has 2 N–H and O–H groups in total. The highest BCUT2D eigenvalue weighted by atomic mass is 16.5. The monoisotopic (exact) mass is 358 g/mol. The molecule has 148 valence electrons. The third kappa shape index (κ3) is 25.0. The predicted octanol–water partition coefficient (Wildman–Crippen LogP) is 5.29. The van der Waals surface area contributed by atoms with Gasteiger partial charge < -0.3 is 14.9 Å². The van der Waals surface area contributed by atoms with Crippen molar-refractivity contribution in [2.75, 3.05) is 13.2 Å². The van der Waals surface area contributed by atoms with Crippen molar-refractivity contribution in [1.29, 1.82) is 0 Å². The van der Waals surface area contributed by atoms with E-state index in [9.17, 15) is 9.59 Å². The van der Waals surface area contributed by atoms with Gasteiger partial charge in [-0.3, -0.25) is 9.59 Å². The molecule has 0 aromatic heterocycles. The number of aliphatic carboxylic acids is 2. The van der Waals surface area contributed by atoms with Crippen molar-refractivity contribution in [2.24, 2.45) is 5.92 Å². The van der Waals surface area contributed by atoms with Crippen molar-refractivity contribution >= 4 is 11.9 Å². The minimum atomic E-state index is -1.08. The number of carboxylic acids is 2. The van der Waals surface area contributed by atoms with Gasteiger partial charge in [0.05, 0.1) is 12.3 Å². The molecule has 0 fully saturated rings. The van der Waals surface area contributed by atoms with Gasteiger partial charge in [0.2, 0.25) is 0 Å². The number of hydrogen-bond donors (Lipinski definition) is 2. The molecule has 0 aromatic carbocycles. The molecule has 0 rings (SSSR count). The van der Waals surface area contributed by atoms with Crippen LogP contribution in [-0.2, 0) is 14.3 Å². The van der Waals surface area contributed by atoms with Crippen LogP contribution in [0, 0.1) is 5.92 Å². The molecule has 25 heavy (non-hydrogen) atoms. The smallest absolute Gasteiger partial charge is 0.307 e. The third-order valence-corrected chi connectivity index (χ3v) is 3.52. The standard InChI is InChI=1S/C16H30O5.C4H8/c1-2-3-4-5-6-7-8-9-11-21-12-10-14(16(19)20)13-15(17)18;1-4(2)3/h14H,2-13H2,1H3,(H,17,18)(H,19,20);1H2,2-3H3. The highest BCUT2D eigenvalue weighted by Gasteiger charge is 2.20. The first-order valence-corrected chi connectivity index (χ1v) is 9.45. The predicted molar refractivity (Wildman–Crippen MR) is 102 cm³/mol. The molecule has 0 heterocycles. The highest BCUT2D eigenvalue weighted by molar-refractivity contribution is 5.77. The van der Waals surface area contributed by atoms with E-state index >= 15 is 0 Å². The zero-order valence-corrected chi connectivity index (χ0v) is 16.4. The average Bonchev–Trinajstić information content (AvgIpc) is 2.50. The van der Waals surface area contributed by atoms with E-state index in [0.717, 1.165) is 12.8 Å². The van der Waals surface area contributed by atoms with Crippen LogP contribution < -0.4 is 0 Å². The summed E-state index contributed by atoms with van der Waals surface area (Å²) < 4.78 is 5.38. The van der Waals surface area contributed by atoms with Gasteiger partial charge in [0.15, 0.2) is 0 Å². The maximum Gasteiger partial charge on any atom is 0.307 e. The zero-order valence-electron chi connectivity index (χ0n) is 16.4. The van der Waals surface area contributed by atoms with Gasteiger partial charge in [-0.1, -0.05) is 57.4 Å². The minimum absolute atomic E-state index is 0.263. The maximum atomic E-state index is 10.8. The minimum Gasteiger partial charge on any atom is -0.481 e. The highest BCUT2D eigenvalue weighted by Crippen LogP contribution is 2.11. The van der Waals surface area contributed by atoms with Crippen LogP contribution in [0.5, 0.6) is 0 Å². The van der Waals surface area contributed by atoms with Crippen molar-refractivity contribution in [3.8, 4) is 0 Å². The Bertz CT molecular complexity index is 348. The second-order valence-electron chi connectivity index (χ2n) is 6.72. The molecule has 0 aliphatic rings. The average molecular weight is 359 g/mol. The number of carboxylic acid groups (broad SMARTS) is 2. The number of hydrogen-bond acceptors (Lipinski definition) is 3. The normalized spacial score (nSPS) is 11.3. The Balaban J connectivity index is 0. The lowest BCUT2D eigenvalue weighted by atomic mass is 10.0. The molecule has 1 atom stereocenters. The van der Waals surface area contributed by atoms with Crippen LogP contribution in [0.15, 0.2) is 12.2 Å². The largest absolute Gasteiger partial charge is 0.481 e. The summed E-state index contributed by atoms with van der Waals surface area (Å²) in [6.45, 7) is 10.7. The van der Waals surface area contributed by atoms with E-state index < -0.39 is 17.9 Å². The Labute approximate surface area is 153 Å². The summed E-state index contributed by atoms with van der Waals surface area (Å²) in [5, 5.41) is 17.5. The second-order valence-corrected chi connectivity index (χ2v) is 6.72. The lowest BCUT2D eigenvalue weighted by Gasteiger charge is -2.10. The first-order chi connectivity index (χ1) is 11.8. The van der Waals surface area contributed by atoms with Crippen molar-refractivity contribution < 1.29 is 24.5 Å². The second kappa shape index (κ2) is 19.0. The summed E-state index contributed by atoms with van der Waals surface area (Å²) in [5.41, 5.74) is 1.17. The van der Waals surface area contributed by atoms with Gasteiger partial charge in [-0.15, -0.1) is 6.58 Å². The van der Waals surface area contributed by atoms with Crippen LogP contribution in [0.4, 0.5) is 0 Å². The number of rotatable bonds is 15. The van der Waals surface area contributed by atoms with Crippen molar-refractivity contribution in [2.45, 2.75) is 85.0 Å². The summed E-state index contributed by atoms with van der Waals surface area (Å²) in [6.07, 6.45) is 9.79. The van der Waals surface area contributed by atoms with E-state index in [4.69, 9.17) is 14.9 Å². The Hall–Kier alpha value is -1.36. The number of allylic oxidation sites excluding steroid dienone is 1. The molecule has 0 spiro atoms. The van der Waals surface area contributed by atoms with Gasteiger partial charge in [0.1, 0.15) is 0 Å². The fraction of sp³-hybridized carbons (Fsp3) is 0.800. The Morgan fingerprint density at radius 2 is 1.40 bits per heavy atom. The van der Waals surface area contributed by atoms with Gasteiger partial charge in [-0.25, -0.2) is 0 Å². The maximum absolute atomic E-state index is 10.8. The summed E-state index contributed by atoms with van der Waals surface area (Å²) >= 11 is 0. The summed E-state index contributed by atoms with van der Waals surface area (Å²) in [4.78, 5) is 21.3. The van der Waals surface area contributed by atoms with E-state index in [1.165, 1.54) is 44.1 Å². The third-order valence-electron chi connectivity index (χ3n) is 3.52. The Morgan fingerprint density at radius 3 is 1.84 bits per heavy atom. The van der Waals surface area contributed by atoms with E-state index in [2.05, 4.69) is 13.5 Å². The van der Waals surface area contributed by atoms with Crippen molar-refractivity contribution in [3.05, 3.63) is 12.2 Å². The molecule has 0 saturated heterocycles. The lowest BCUT2D eigenvalue weighted by molar-refractivity contribution is -0.148. The summed E-state index contributed by atoms with van der Waals surface area (Å²) in [7, 11) is 0. The molecule has 0 bridgehead atoms. The number of unbranched alkanes of at least 4 members (excludes halogenated alkanes) is 7. The van der Waals surface area contributed by atoms with Crippen LogP contribution in [0.3, 0.4) is 0 Å². The van der Waals surface area contributed by atoms with E-state index in [1.807, 2.05) is 13.8 Å². The Morgan fingerprint density at radius 1 is 0.920 bits per heavy atom. The van der Waals surface area contributed by atoms with Gasteiger partial charge >= 0.3 is 11.9 Å². The van der Waals surface area contributed by atoms with Gasteiger partial charge in [0, 0.05) is 13.2 Å². The quantitative estimate of drug-likeness (QED) is 0.307. The fourth-order valence-electron chi connectivity index (χ4n) is 2.19. The van der Waals surface area contributed by atoms with E-state index in [-0.39, 0.29) is 12.8 Å². The number of ether oxygens (including phenoxy) is 1. The van der Waals surface area contributed by atoms with Crippen molar-refractivity contribution in [1.82, 2.24) is 0 Å². The first kappa shape index (κ1) is 25.9. The molecule has 1 unspecified atom stereocenters. The molecule has 5 heteroatoms. The van der Waals surface area contributed by atoms with Gasteiger partial charge in [-0.05, 0) is 26.7 Å². The molecular weight excluding hydrogens is 320 g/mol. The first-order valence-electron chi connectivity index (χ1n) is 9.45. The van der Waals surface area contributed by atoms with Gasteiger partial charge in [-0.2, -0.15) is 0 Å². The van der Waals surface area contributed by atoms with Crippen LogP contribution in [0.25, 0.3) is 0 Å². The van der Waals surface area contributed by atoms with E-state index in [0.29, 0.717) is 13.2 Å². The summed E-state index contributed by atoms with van der Waals surface area (Å²) in [6, 6.07) is 0. The molecule has 5 nitrogen and oxygen atoms in total.